The molecule has 3 amide bonds. The van der Waals surface area contributed by atoms with Crippen molar-refractivity contribution in [3.05, 3.63) is 71.4 Å². The molecule has 4 rings (SSSR count). The third-order valence-corrected chi connectivity index (χ3v) is 7.44. The number of carbonyl (C=O) groups excluding carboxylic acids is 4. The molecule has 1 aliphatic heterocycles. The molecule has 0 bridgehead atoms. The Balaban J connectivity index is 1.49. The zero-order valence-corrected chi connectivity index (χ0v) is 23.4. The van der Waals surface area contributed by atoms with Gasteiger partial charge in [-0.05, 0) is 37.0 Å². The molecular formula is C31H38N4O6. The largest absolute Gasteiger partial charge is 0.464 e. The van der Waals surface area contributed by atoms with Gasteiger partial charge in [0.1, 0.15) is 6.04 Å². The average molecular weight is 563 g/mol. The van der Waals surface area contributed by atoms with Crippen molar-refractivity contribution in [1.82, 2.24) is 20.7 Å². The smallest absolute Gasteiger partial charge is 0.328 e. The predicted molar refractivity (Wildman–Crippen MR) is 153 cm³/mol. The Hall–Kier alpha value is -4.18. The summed E-state index contributed by atoms with van der Waals surface area (Å²) in [5.41, 5.74) is 5.08. The van der Waals surface area contributed by atoms with E-state index < -0.39 is 23.8 Å². The van der Waals surface area contributed by atoms with E-state index in [9.17, 15) is 19.2 Å². The summed E-state index contributed by atoms with van der Waals surface area (Å²) in [7, 11) is 0. The molecule has 3 aromatic rings. The molecule has 0 saturated carbocycles. The quantitative estimate of drug-likeness (QED) is 0.108. The number of ether oxygens (including phenoxy) is 1. The molecule has 1 aromatic heterocycles. The van der Waals surface area contributed by atoms with Crippen LogP contribution in [0.15, 0.2) is 54.6 Å². The predicted octanol–water partition coefficient (Wildman–Crippen LogP) is 3.73. The summed E-state index contributed by atoms with van der Waals surface area (Å²) in [6, 6.07) is 16.3. The maximum absolute atomic E-state index is 13.9. The van der Waals surface area contributed by atoms with E-state index in [1.54, 1.807) is 17.3 Å². The van der Waals surface area contributed by atoms with Crippen molar-refractivity contribution in [3.8, 4) is 0 Å². The van der Waals surface area contributed by atoms with Crippen LogP contribution in [-0.2, 0) is 36.9 Å². The second kappa shape index (κ2) is 14.5. The lowest BCUT2D eigenvalue weighted by atomic mass is 9.90. The molecule has 0 saturated heterocycles. The van der Waals surface area contributed by atoms with Crippen LogP contribution in [0.2, 0.25) is 0 Å². The lowest BCUT2D eigenvalue weighted by Gasteiger charge is -2.33. The molecule has 10 heteroatoms. The van der Waals surface area contributed by atoms with Crippen molar-refractivity contribution in [1.29, 1.82) is 0 Å². The van der Waals surface area contributed by atoms with Crippen LogP contribution < -0.4 is 10.8 Å². The number of hydrogen-bond acceptors (Lipinski definition) is 6. The van der Waals surface area contributed by atoms with Gasteiger partial charge < -0.3 is 19.9 Å². The topological polar surface area (TPSA) is 141 Å². The van der Waals surface area contributed by atoms with Crippen LogP contribution in [0.4, 0.5) is 0 Å². The van der Waals surface area contributed by atoms with E-state index >= 15 is 0 Å². The summed E-state index contributed by atoms with van der Waals surface area (Å²) in [5, 5.41) is 12.5. The Kier molecular flexibility index (Phi) is 10.5. The zero-order chi connectivity index (χ0) is 29.2. The first-order chi connectivity index (χ1) is 19.9. The minimum atomic E-state index is -0.863. The lowest BCUT2D eigenvalue weighted by molar-refractivity contribution is -0.147. The number of benzene rings is 2. The first-order valence-electron chi connectivity index (χ1n) is 14.2. The number of fused-ring (bicyclic) bond motifs is 3. The van der Waals surface area contributed by atoms with Crippen molar-refractivity contribution in [2.45, 2.75) is 70.4 Å². The number of nitrogens with zero attached hydrogens (tertiary/aromatic N) is 1. The average Bonchev–Trinajstić information content (AvgIpc) is 3.37. The van der Waals surface area contributed by atoms with Gasteiger partial charge in [0.25, 0.3) is 0 Å². The second-order valence-corrected chi connectivity index (χ2v) is 10.3. The number of unbranched alkanes of at least 4 members (excludes halogenated alkanes) is 3. The Morgan fingerprint density at radius 2 is 1.71 bits per heavy atom. The van der Waals surface area contributed by atoms with Crippen molar-refractivity contribution < 1.29 is 29.1 Å². The Morgan fingerprint density at radius 3 is 2.44 bits per heavy atom. The number of amides is 3. The monoisotopic (exact) mass is 562 g/mol. The highest BCUT2D eigenvalue weighted by Gasteiger charge is 2.37. The van der Waals surface area contributed by atoms with Gasteiger partial charge in [-0.15, -0.1) is 0 Å². The van der Waals surface area contributed by atoms with Crippen LogP contribution >= 0.6 is 0 Å². The first kappa shape index (κ1) is 29.8. The summed E-state index contributed by atoms with van der Waals surface area (Å²) in [4.78, 5) is 56.2. The number of carbonyl (C=O) groups is 4. The minimum Gasteiger partial charge on any atom is -0.464 e. The molecule has 0 radical (unpaired) electrons. The highest BCUT2D eigenvalue weighted by atomic mass is 16.5. The van der Waals surface area contributed by atoms with Gasteiger partial charge in [0.15, 0.2) is 0 Å². The molecule has 218 valence electrons. The van der Waals surface area contributed by atoms with Gasteiger partial charge in [0.2, 0.25) is 17.7 Å². The minimum absolute atomic E-state index is 0.0496. The molecular weight excluding hydrogens is 524 g/mol. The third kappa shape index (κ3) is 7.73. The van der Waals surface area contributed by atoms with Gasteiger partial charge in [-0.2, -0.15) is 0 Å². The summed E-state index contributed by atoms with van der Waals surface area (Å²) < 4.78 is 5.28. The summed E-state index contributed by atoms with van der Waals surface area (Å²) >= 11 is 0. The van der Waals surface area contributed by atoms with Crippen LogP contribution in [0.5, 0.6) is 0 Å². The molecule has 2 aromatic carbocycles. The molecule has 0 aliphatic carbocycles. The Bertz CT molecular complexity index is 1360. The van der Waals surface area contributed by atoms with Gasteiger partial charge in [-0.3, -0.25) is 19.6 Å². The van der Waals surface area contributed by atoms with Crippen molar-refractivity contribution in [2.24, 2.45) is 0 Å². The van der Waals surface area contributed by atoms with Gasteiger partial charge in [0.05, 0.1) is 19.1 Å². The van der Waals surface area contributed by atoms with Crippen LogP contribution in [0.1, 0.15) is 68.2 Å². The fourth-order valence-corrected chi connectivity index (χ4v) is 5.40. The Morgan fingerprint density at radius 1 is 1.00 bits per heavy atom. The summed E-state index contributed by atoms with van der Waals surface area (Å²) in [5.74, 6) is -1.95. The van der Waals surface area contributed by atoms with Crippen LogP contribution in [0.3, 0.4) is 0 Å². The number of para-hydroxylation sites is 1. The second-order valence-electron chi connectivity index (χ2n) is 10.3. The van der Waals surface area contributed by atoms with Crippen LogP contribution in [0.25, 0.3) is 10.9 Å². The zero-order valence-electron chi connectivity index (χ0n) is 23.4. The fourth-order valence-electron chi connectivity index (χ4n) is 5.40. The fraction of sp³-hybridized carbons (Fsp3) is 0.419. The van der Waals surface area contributed by atoms with E-state index in [-0.39, 0.29) is 31.4 Å². The lowest BCUT2D eigenvalue weighted by Crippen LogP contribution is -2.49. The number of hydrogen-bond donors (Lipinski definition) is 4. The van der Waals surface area contributed by atoms with Crippen molar-refractivity contribution >= 4 is 34.6 Å². The number of nitrogens with one attached hydrogen (secondary N) is 3. The number of aromatic amines is 1. The third-order valence-electron chi connectivity index (χ3n) is 7.44. The van der Waals surface area contributed by atoms with Crippen molar-refractivity contribution in [3.63, 3.8) is 0 Å². The van der Waals surface area contributed by atoms with Gasteiger partial charge in [0, 0.05) is 42.4 Å². The first-order valence-corrected chi connectivity index (χ1v) is 14.2. The van der Waals surface area contributed by atoms with E-state index in [1.165, 1.54) is 0 Å². The highest BCUT2D eigenvalue weighted by molar-refractivity contribution is 5.96. The summed E-state index contributed by atoms with van der Waals surface area (Å²) in [6.45, 7) is 2.51. The maximum Gasteiger partial charge on any atom is 0.328 e. The molecule has 0 unspecified atom stereocenters. The van der Waals surface area contributed by atoms with E-state index in [0.717, 1.165) is 40.6 Å². The molecule has 2 atom stereocenters. The molecule has 0 fully saturated rings. The van der Waals surface area contributed by atoms with E-state index in [2.05, 4.69) is 10.3 Å². The van der Waals surface area contributed by atoms with Crippen LogP contribution in [-0.4, -0.2) is 58.0 Å². The molecule has 41 heavy (non-hydrogen) atoms. The number of hydroxylamine groups is 1. The van der Waals surface area contributed by atoms with Crippen LogP contribution in [0, 0.1) is 0 Å². The van der Waals surface area contributed by atoms with E-state index in [0.29, 0.717) is 32.2 Å². The number of H-pyrrole nitrogens is 1. The highest BCUT2D eigenvalue weighted by Crippen LogP contribution is 2.35. The maximum atomic E-state index is 13.9. The van der Waals surface area contributed by atoms with Gasteiger partial charge in [-0.1, -0.05) is 61.4 Å². The number of aromatic nitrogens is 1. The van der Waals surface area contributed by atoms with Crippen molar-refractivity contribution in [2.75, 3.05) is 13.2 Å². The molecule has 2 heterocycles. The molecule has 10 nitrogen and oxygen atoms in total. The van der Waals surface area contributed by atoms with E-state index in [4.69, 9.17) is 9.94 Å². The number of rotatable bonds is 13. The Labute approximate surface area is 239 Å². The van der Waals surface area contributed by atoms with Gasteiger partial charge >= 0.3 is 5.97 Å². The number of esters is 1. The van der Waals surface area contributed by atoms with E-state index in [1.807, 2.05) is 54.6 Å². The standard InChI is InChI=1S/C31H38N4O6/c1-2-41-31(39)25(18-21-12-6-5-7-13-21)33-30(38)23-19-35(28(37)17-9-4-3-8-16-27(36)34-40)20-26-29(23)22-14-10-11-15-24(22)32-26/h5-7,10-15,23,25,32,40H,2-4,8-9,16-20H2,1H3,(H,33,38)(H,34,36)/t23-,25+/m1/s1. The SMILES string of the molecule is CCOC(=O)[C@H](Cc1ccccc1)NC(=O)[C@@H]1CN(C(=O)CCCCCCC(=O)NO)Cc2[nH]c3ccccc3c21. The molecule has 1 aliphatic rings. The normalized spacial score (nSPS) is 15.2. The summed E-state index contributed by atoms with van der Waals surface area (Å²) in [6.07, 6.45) is 3.71. The molecule has 4 N–H and O–H groups in total. The molecule has 0 spiro atoms. The van der Waals surface area contributed by atoms with Gasteiger partial charge in [-0.25, -0.2) is 10.3 Å².